The van der Waals surface area contributed by atoms with Crippen LogP contribution in [0.5, 0.6) is 0 Å². The Balaban J connectivity index is 3.52. The van der Waals surface area contributed by atoms with Crippen LogP contribution in [0.1, 0.15) is 0 Å². The van der Waals surface area contributed by atoms with Crippen LogP contribution >= 0.6 is 11.6 Å². The molecule has 0 aromatic rings. The molecule has 1 rings (SSSR count). The summed E-state index contributed by atoms with van der Waals surface area (Å²) in [6.07, 6.45) is 0. The lowest BCUT2D eigenvalue weighted by Gasteiger charge is -2.33. The predicted octanol–water partition coefficient (Wildman–Crippen LogP) is 3.19. The quantitative estimate of drug-likeness (QED) is 0.433. The molecule has 0 saturated carbocycles. The van der Waals surface area contributed by atoms with Crippen molar-refractivity contribution in [1.82, 2.24) is 0 Å². The number of hydrogen-bond donors (Lipinski definition) is 0. The standard InChI is InChI=1S/C8H6ClF5O2/c1-15-8(16-2)5(12)3(10)7(9,14)4(11)6(8)13/h1-2H3. The van der Waals surface area contributed by atoms with Crippen molar-refractivity contribution >= 4 is 11.6 Å². The molecule has 0 amide bonds. The van der Waals surface area contributed by atoms with E-state index in [1.54, 1.807) is 0 Å². The summed E-state index contributed by atoms with van der Waals surface area (Å²) in [6, 6.07) is 0. The number of alkyl halides is 2. The molecule has 0 fully saturated rings. The Kier molecular flexibility index (Phi) is 3.33. The zero-order valence-corrected chi connectivity index (χ0v) is 8.84. The molecule has 0 aromatic heterocycles. The summed E-state index contributed by atoms with van der Waals surface area (Å²) >= 11 is 4.68. The normalized spacial score (nSPS) is 24.0. The van der Waals surface area contributed by atoms with E-state index in [9.17, 15) is 22.0 Å². The molecule has 8 heteroatoms. The van der Waals surface area contributed by atoms with Crippen molar-refractivity contribution in [3.63, 3.8) is 0 Å². The molecular weight excluding hydrogens is 259 g/mol. The van der Waals surface area contributed by atoms with Gasteiger partial charge in [-0.1, -0.05) is 11.6 Å². The first-order valence-corrected chi connectivity index (χ1v) is 4.24. The van der Waals surface area contributed by atoms with Gasteiger partial charge in [-0.05, 0) is 0 Å². The monoisotopic (exact) mass is 264 g/mol. The maximum absolute atomic E-state index is 13.3. The second-order valence-corrected chi connectivity index (χ2v) is 3.38. The van der Waals surface area contributed by atoms with Crippen LogP contribution in [0, 0.1) is 0 Å². The zero-order valence-electron chi connectivity index (χ0n) is 8.08. The van der Waals surface area contributed by atoms with E-state index < -0.39 is 34.2 Å². The topological polar surface area (TPSA) is 18.5 Å². The van der Waals surface area contributed by atoms with Crippen molar-refractivity contribution in [2.24, 2.45) is 0 Å². The molecule has 16 heavy (non-hydrogen) atoms. The highest BCUT2D eigenvalue weighted by molar-refractivity contribution is 6.26. The van der Waals surface area contributed by atoms with E-state index in [0.717, 1.165) is 14.2 Å². The van der Waals surface area contributed by atoms with Crippen molar-refractivity contribution < 1.29 is 31.4 Å². The lowest BCUT2D eigenvalue weighted by Crippen LogP contribution is -2.43. The molecule has 0 atom stereocenters. The first-order chi connectivity index (χ1) is 7.25. The fraction of sp³-hybridized carbons (Fsp3) is 0.500. The fourth-order valence-electron chi connectivity index (χ4n) is 1.20. The van der Waals surface area contributed by atoms with Crippen LogP contribution in [-0.2, 0) is 9.47 Å². The molecule has 0 saturated heterocycles. The fourth-order valence-corrected chi connectivity index (χ4v) is 1.37. The van der Waals surface area contributed by atoms with Crippen molar-refractivity contribution in [3.8, 4) is 0 Å². The Bertz CT molecular complexity index is 343. The van der Waals surface area contributed by atoms with Gasteiger partial charge in [0.1, 0.15) is 0 Å². The van der Waals surface area contributed by atoms with Gasteiger partial charge in [-0.2, -0.15) is 0 Å². The molecule has 0 unspecified atom stereocenters. The molecule has 0 bridgehead atoms. The highest BCUT2D eigenvalue weighted by Gasteiger charge is 2.59. The molecule has 1 aliphatic carbocycles. The van der Waals surface area contributed by atoms with E-state index in [2.05, 4.69) is 21.1 Å². The number of rotatable bonds is 2. The van der Waals surface area contributed by atoms with Crippen LogP contribution in [-0.4, -0.2) is 25.1 Å². The number of halogens is 6. The number of hydrogen-bond acceptors (Lipinski definition) is 2. The highest BCUT2D eigenvalue weighted by Crippen LogP contribution is 2.51. The van der Waals surface area contributed by atoms with E-state index in [1.807, 2.05) is 0 Å². The number of allylic oxidation sites excluding steroid dienone is 2. The maximum Gasteiger partial charge on any atom is 0.291 e. The lowest BCUT2D eigenvalue weighted by molar-refractivity contribution is -0.181. The largest absolute Gasteiger partial charge is 0.342 e. The van der Waals surface area contributed by atoms with Crippen LogP contribution in [0.2, 0.25) is 0 Å². The molecule has 0 heterocycles. The van der Waals surface area contributed by atoms with Crippen LogP contribution in [0.25, 0.3) is 0 Å². The van der Waals surface area contributed by atoms with E-state index in [-0.39, 0.29) is 0 Å². The van der Waals surface area contributed by atoms with E-state index >= 15 is 0 Å². The molecular formula is C8H6ClF5O2. The second kappa shape index (κ2) is 3.97. The Morgan fingerprint density at radius 2 is 1.19 bits per heavy atom. The van der Waals surface area contributed by atoms with Gasteiger partial charge in [0.2, 0.25) is 11.7 Å². The first-order valence-electron chi connectivity index (χ1n) is 3.86. The number of ether oxygens (including phenoxy) is 2. The maximum atomic E-state index is 13.3. The van der Waals surface area contributed by atoms with Gasteiger partial charge in [0.25, 0.3) is 10.9 Å². The number of methoxy groups -OCH3 is 2. The van der Waals surface area contributed by atoms with Crippen molar-refractivity contribution in [1.29, 1.82) is 0 Å². The van der Waals surface area contributed by atoms with E-state index in [4.69, 9.17) is 0 Å². The van der Waals surface area contributed by atoms with Crippen LogP contribution in [0.4, 0.5) is 22.0 Å². The Morgan fingerprint density at radius 3 is 1.44 bits per heavy atom. The Hall–Kier alpha value is -0.660. The molecule has 0 aliphatic heterocycles. The van der Waals surface area contributed by atoms with Crippen LogP contribution in [0.3, 0.4) is 0 Å². The second-order valence-electron chi connectivity index (χ2n) is 2.86. The van der Waals surface area contributed by atoms with Crippen LogP contribution in [0.15, 0.2) is 23.3 Å². The summed E-state index contributed by atoms with van der Waals surface area (Å²) in [4.78, 5) is 0. The molecule has 92 valence electrons. The summed E-state index contributed by atoms with van der Waals surface area (Å²) in [5, 5.41) is -4.02. The average molecular weight is 265 g/mol. The van der Waals surface area contributed by atoms with Crippen molar-refractivity contribution in [2.45, 2.75) is 10.9 Å². The smallest absolute Gasteiger partial charge is 0.291 e. The van der Waals surface area contributed by atoms with Gasteiger partial charge in [0, 0.05) is 14.2 Å². The Morgan fingerprint density at radius 1 is 0.875 bits per heavy atom. The zero-order chi connectivity index (χ0) is 12.7. The summed E-state index contributed by atoms with van der Waals surface area (Å²) in [5.74, 6) is -12.0. The molecule has 2 nitrogen and oxygen atoms in total. The van der Waals surface area contributed by atoms with Gasteiger partial charge in [0.05, 0.1) is 0 Å². The minimum Gasteiger partial charge on any atom is -0.342 e. The Labute approximate surface area is 92.3 Å². The third-order valence-electron chi connectivity index (χ3n) is 2.09. The molecule has 0 radical (unpaired) electrons. The first kappa shape index (κ1) is 13.4. The van der Waals surface area contributed by atoms with E-state index in [0.29, 0.717) is 0 Å². The van der Waals surface area contributed by atoms with Gasteiger partial charge in [-0.25, -0.2) is 22.0 Å². The minimum absolute atomic E-state index is 0.725. The van der Waals surface area contributed by atoms with Gasteiger partial charge in [-0.15, -0.1) is 0 Å². The average Bonchev–Trinajstić information content (AvgIpc) is 2.27. The summed E-state index contributed by atoms with van der Waals surface area (Å²) in [5.41, 5.74) is 0. The molecule has 0 aromatic carbocycles. The summed E-state index contributed by atoms with van der Waals surface area (Å²) in [7, 11) is 1.45. The van der Waals surface area contributed by atoms with Gasteiger partial charge < -0.3 is 9.47 Å². The lowest BCUT2D eigenvalue weighted by atomic mass is 10.0. The van der Waals surface area contributed by atoms with Crippen molar-refractivity contribution in [3.05, 3.63) is 23.3 Å². The summed E-state index contributed by atoms with van der Waals surface area (Å²) in [6.45, 7) is 0. The van der Waals surface area contributed by atoms with E-state index in [1.165, 1.54) is 0 Å². The SMILES string of the molecule is COC1(OC)C(F)=C(F)C(F)(Cl)C(F)=C1F. The molecule has 1 aliphatic rings. The van der Waals surface area contributed by atoms with Crippen molar-refractivity contribution in [2.75, 3.05) is 14.2 Å². The third kappa shape index (κ3) is 1.46. The predicted molar refractivity (Wildman–Crippen MR) is 44.9 cm³/mol. The summed E-state index contributed by atoms with van der Waals surface area (Å²) < 4.78 is 74.2. The van der Waals surface area contributed by atoms with Gasteiger partial charge >= 0.3 is 0 Å². The van der Waals surface area contributed by atoms with Crippen LogP contribution < -0.4 is 0 Å². The van der Waals surface area contributed by atoms with Gasteiger partial charge in [-0.3, -0.25) is 0 Å². The molecule has 0 N–H and O–H groups in total. The van der Waals surface area contributed by atoms with Gasteiger partial charge in [0.15, 0.2) is 11.7 Å². The minimum atomic E-state index is -4.02. The third-order valence-corrected chi connectivity index (χ3v) is 2.42. The highest BCUT2D eigenvalue weighted by atomic mass is 35.5. The molecule has 0 spiro atoms.